The minimum Gasteiger partial charge on any atom is -0.394 e. The van der Waals surface area contributed by atoms with Crippen LogP contribution in [0.3, 0.4) is 0 Å². The summed E-state index contributed by atoms with van der Waals surface area (Å²) in [4.78, 5) is 22.8. The van der Waals surface area contributed by atoms with Gasteiger partial charge in [-0.3, -0.25) is 9.59 Å². The molecule has 1 aromatic heterocycles. The number of aliphatic hydroxyl groups excluding tert-OH is 2. The molecule has 1 heterocycles. The summed E-state index contributed by atoms with van der Waals surface area (Å²) in [5.41, 5.74) is 0.580. The van der Waals surface area contributed by atoms with Crippen LogP contribution in [0.4, 0.5) is 0 Å². The maximum absolute atomic E-state index is 11.5. The predicted octanol–water partition coefficient (Wildman–Crippen LogP) is -0.663. The minimum atomic E-state index is -0.950. The average molecular weight is 272 g/mol. The fourth-order valence-electron chi connectivity index (χ4n) is 1.17. The Bertz CT molecular complexity index is 380. The zero-order valence-electron chi connectivity index (χ0n) is 9.76. The van der Waals surface area contributed by atoms with E-state index in [2.05, 4.69) is 10.6 Å². The Balaban J connectivity index is 2.14. The van der Waals surface area contributed by atoms with E-state index in [9.17, 15) is 9.59 Å². The fraction of sp³-hybridized carbons (Fsp3) is 0.455. The highest BCUT2D eigenvalue weighted by Gasteiger charge is 2.08. The summed E-state index contributed by atoms with van der Waals surface area (Å²) >= 11 is 1.43. The van der Waals surface area contributed by atoms with Crippen LogP contribution in [0, 0.1) is 0 Å². The molecule has 0 aliphatic heterocycles. The molecule has 100 valence electrons. The highest BCUT2D eigenvalue weighted by molar-refractivity contribution is 7.08. The van der Waals surface area contributed by atoms with Crippen molar-refractivity contribution >= 4 is 23.2 Å². The van der Waals surface area contributed by atoms with E-state index >= 15 is 0 Å². The third-order valence-electron chi connectivity index (χ3n) is 2.17. The first kappa shape index (κ1) is 14.6. The zero-order chi connectivity index (χ0) is 13.4. The van der Waals surface area contributed by atoms with Gasteiger partial charge in [0.25, 0.3) is 5.91 Å². The van der Waals surface area contributed by atoms with Crippen LogP contribution in [-0.2, 0) is 4.79 Å². The molecular weight excluding hydrogens is 256 g/mol. The van der Waals surface area contributed by atoms with E-state index in [0.29, 0.717) is 5.56 Å². The third kappa shape index (κ3) is 5.26. The van der Waals surface area contributed by atoms with Crippen molar-refractivity contribution in [2.45, 2.75) is 12.5 Å². The average Bonchev–Trinajstić information content (AvgIpc) is 2.89. The van der Waals surface area contributed by atoms with Gasteiger partial charge in [-0.1, -0.05) is 0 Å². The second-order valence-corrected chi connectivity index (χ2v) is 4.44. The molecule has 0 aliphatic rings. The summed E-state index contributed by atoms with van der Waals surface area (Å²) in [6, 6.07) is 1.71. The number of nitrogens with one attached hydrogen (secondary N) is 2. The highest BCUT2D eigenvalue weighted by atomic mass is 32.1. The minimum absolute atomic E-state index is 0.00775. The monoisotopic (exact) mass is 272 g/mol. The molecule has 0 saturated carbocycles. The smallest absolute Gasteiger partial charge is 0.252 e. The fourth-order valence-corrected chi connectivity index (χ4v) is 1.81. The molecule has 0 aromatic carbocycles. The van der Waals surface area contributed by atoms with Crippen molar-refractivity contribution in [1.82, 2.24) is 10.6 Å². The van der Waals surface area contributed by atoms with Crippen LogP contribution >= 0.6 is 11.3 Å². The Labute approximate surface area is 109 Å². The van der Waals surface area contributed by atoms with E-state index in [0.717, 1.165) is 0 Å². The molecule has 1 rings (SSSR count). The zero-order valence-corrected chi connectivity index (χ0v) is 10.6. The van der Waals surface area contributed by atoms with Gasteiger partial charge in [0.05, 0.1) is 12.7 Å². The van der Waals surface area contributed by atoms with Crippen molar-refractivity contribution in [3.05, 3.63) is 22.4 Å². The molecule has 2 amide bonds. The molecule has 1 atom stereocenters. The Morgan fingerprint density at radius 1 is 1.39 bits per heavy atom. The third-order valence-corrected chi connectivity index (χ3v) is 2.85. The van der Waals surface area contributed by atoms with Crippen LogP contribution in [0.5, 0.6) is 0 Å². The summed E-state index contributed by atoms with van der Waals surface area (Å²) < 4.78 is 0. The van der Waals surface area contributed by atoms with Crippen molar-refractivity contribution in [2.24, 2.45) is 0 Å². The number of carbonyl (C=O) groups is 2. The van der Waals surface area contributed by atoms with Gasteiger partial charge in [0, 0.05) is 30.5 Å². The number of rotatable bonds is 7. The van der Waals surface area contributed by atoms with Crippen molar-refractivity contribution in [3.63, 3.8) is 0 Å². The van der Waals surface area contributed by atoms with Crippen LogP contribution in [0.1, 0.15) is 16.8 Å². The van der Waals surface area contributed by atoms with Gasteiger partial charge in [-0.15, -0.1) is 0 Å². The molecule has 0 aliphatic carbocycles. The van der Waals surface area contributed by atoms with Crippen LogP contribution in [0.25, 0.3) is 0 Å². The van der Waals surface area contributed by atoms with Crippen LogP contribution in [-0.4, -0.2) is 47.8 Å². The van der Waals surface area contributed by atoms with Crippen molar-refractivity contribution in [1.29, 1.82) is 0 Å². The van der Waals surface area contributed by atoms with E-state index in [1.165, 1.54) is 11.3 Å². The molecule has 7 heteroatoms. The summed E-state index contributed by atoms with van der Waals surface area (Å²) in [5.74, 6) is -0.493. The van der Waals surface area contributed by atoms with E-state index in [4.69, 9.17) is 10.2 Å². The first-order valence-electron chi connectivity index (χ1n) is 5.49. The Kier molecular flexibility index (Phi) is 6.34. The first-order chi connectivity index (χ1) is 8.63. The molecule has 0 fully saturated rings. The lowest BCUT2D eigenvalue weighted by atomic mass is 10.3. The predicted molar refractivity (Wildman–Crippen MR) is 67.4 cm³/mol. The number of aliphatic hydroxyl groups is 2. The van der Waals surface area contributed by atoms with Gasteiger partial charge in [0.2, 0.25) is 5.91 Å². The normalized spacial score (nSPS) is 11.9. The SMILES string of the molecule is O=C(CCNC(=O)c1ccsc1)NCC(O)CO. The maximum Gasteiger partial charge on any atom is 0.252 e. The van der Waals surface area contributed by atoms with Gasteiger partial charge < -0.3 is 20.8 Å². The second-order valence-electron chi connectivity index (χ2n) is 3.66. The maximum atomic E-state index is 11.5. The van der Waals surface area contributed by atoms with Gasteiger partial charge in [-0.25, -0.2) is 0 Å². The number of hydrogen-bond donors (Lipinski definition) is 4. The summed E-state index contributed by atoms with van der Waals surface area (Å²) in [6.45, 7) is -0.154. The van der Waals surface area contributed by atoms with Crippen LogP contribution < -0.4 is 10.6 Å². The number of carbonyl (C=O) groups excluding carboxylic acids is 2. The standard InChI is InChI=1S/C11H16N2O4S/c14-6-9(15)5-13-10(16)1-3-12-11(17)8-2-4-18-7-8/h2,4,7,9,14-15H,1,3,5-6H2,(H,12,17)(H,13,16). The van der Waals surface area contributed by atoms with Gasteiger partial charge in [-0.05, 0) is 11.4 Å². The van der Waals surface area contributed by atoms with Crippen molar-refractivity contribution in [3.8, 4) is 0 Å². The van der Waals surface area contributed by atoms with Gasteiger partial charge >= 0.3 is 0 Å². The highest BCUT2D eigenvalue weighted by Crippen LogP contribution is 2.04. The van der Waals surface area contributed by atoms with Crippen molar-refractivity contribution in [2.75, 3.05) is 19.7 Å². The Morgan fingerprint density at radius 3 is 2.78 bits per heavy atom. The summed E-state index contributed by atoms with van der Waals surface area (Å²) in [5, 5.41) is 26.1. The first-order valence-corrected chi connectivity index (χ1v) is 6.43. The number of thiophene rings is 1. The molecule has 0 bridgehead atoms. The topological polar surface area (TPSA) is 98.7 Å². The van der Waals surface area contributed by atoms with Gasteiger partial charge in [-0.2, -0.15) is 11.3 Å². The van der Waals surface area contributed by atoms with Gasteiger partial charge in [0.1, 0.15) is 0 Å². The lowest BCUT2D eigenvalue weighted by molar-refractivity contribution is -0.121. The number of amides is 2. The molecule has 18 heavy (non-hydrogen) atoms. The lowest BCUT2D eigenvalue weighted by Crippen LogP contribution is -2.36. The quantitative estimate of drug-likeness (QED) is 0.529. The molecule has 6 nitrogen and oxygen atoms in total. The molecule has 1 unspecified atom stereocenters. The largest absolute Gasteiger partial charge is 0.394 e. The van der Waals surface area contributed by atoms with Crippen LogP contribution in [0.2, 0.25) is 0 Å². The van der Waals surface area contributed by atoms with Crippen molar-refractivity contribution < 1.29 is 19.8 Å². The van der Waals surface area contributed by atoms with E-state index in [-0.39, 0.29) is 31.3 Å². The molecule has 0 spiro atoms. The second kappa shape index (κ2) is 7.80. The van der Waals surface area contributed by atoms with E-state index in [1.54, 1.807) is 16.8 Å². The molecule has 0 radical (unpaired) electrons. The van der Waals surface area contributed by atoms with E-state index in [1.807, 2.05) is 0 Å². The Hall–Kier alpha value is -1.44. The molecular formula is C11H16N2O4S. The summed E-state index contributed by atoms with van der Waals surface area (Å²) in [6.07, 6.45) is -0.817. The lowest BCUT2D eigenvalue weighted by Gasteiger charge is -2.09. The number of hydrogen-bond acceptors (Lipinski definition) is 5. The molecule has 4 N–H and O–H groups in total. The molecule has 1 aromatic rings. The molecule has 0 saturated heterocycles. The summed E-state index contributed by atoms with van der Waals surface area (Å²) in [7, 11) is 0. The van der Waals surface area contributed by atoms with E-state index < -0.39 is 12.7 Å². The van der Waals surface area contributed by atoms with Gasteiger partial charge in [0.15, 0.2) is 0 Å². The Morgan fingerprint density at radius 2 is 2.17 bits per heavy atom. The van der Waals surface area contributed by atoms with Crippen LogP contribution in [0.15, 0.2) is 16.8 Å².